The first kappa shape index (κ1) is 6.41. The molecule has 0 N–H and O–H groups in total. The van der Waals surface area contributed by atoms with Crippen LogP contribution in [0.2, 0.25) is 19.6 Å². The SMILES string of the molecule is C[Si](C)(C)n1cnnn1. The van der Waals surface area contributed by atoms with Gasteiger partial charge in [-0.3, -0.25) is 4.35 Å². The Kier molecular flexibility index (Phi) is 1.36. The number of aromatic nitrogens is 4. The van der Waals surface area contributed by atoms with Gasteiger partial charge in [0.05, 0.1) is 0 Å². The third-order valence-corrected chi connectivity index (χ3v) is 2.62. The van der Waals surface area contributed by atoms with E-state index in [0.29, 0.717) is 0 Å². The van der Waals surface area contributed by atoms with E-state index in [1.165, 1.54) is 0 Å². The van der Waals surface area contributed by atoms with E-state index in [4.69, 9.17) is 0 Å². The molecule has 0 radical (unpaired) electrons. The maximum atomic E-state index is 3.80. The molecule has 0 aliphatic heterocycles. The van der Waals surface area contributed by atoms with Crippen LogP contribution in [0.1, 0.15) is 0 Å². The van der Waals surface area contributed by atoms with Crippen molar-refractivity contribution in [1.29, 1.82) is 0 Å². The summed E-state index contributed by atoms with van der Waals surface area (Å²) < 4.78 is 1.85. The maximum Gasteiger partial charge on any atom is 0.180 e. The topological polar surface area (TPSA) is 43.6 Å². The van der Waals surface area contributed by atoms with E-state index in [9.17, 15) is 0 Å². The predicted molar refractivity (Wildman–Crippen MR) is 36.6 cm³/mol. The quantitative estimate of drug-likeness (QED) is 0.532. The lowest BCUT2D eigenvalue weighted by molar-refractivity contribution is 0.820. The van der Waals surface area contributed by atoms with Crippen LogP contribution in [-0.4, -0.2) is 28.1 Å². The third-order valence-electron chi connectivity index (χ3n) is 1.04. The molecule has 1 aromatic rings. The molecule has 0 aromatic carbocycles. The zero-order valence-corrected chi connectivity index (χ0v) is 6.87. The number of rotatable bonds is 1. The molecule has 0 aliphatic rings. The van der Waals surface area contributed by atoms with Crippen molar-refractivity contribution in [3.8, 4) is 0 Å². The molecule has 1 rings (SSSR count). The van der Waals surface area contributed by atoms with Gasteiger partial charge >= 0.3 is 0 Å². The molecule has 0 unspecified atom stereocenters. The van der Waals surface area contributed by atoms with Gasteiger partial charge in [-0.15, -0.1) is 5.10 Å². The van der Waals surface area contributed by atoms with Crippen LogP contribution < -0.4 is 0 Å². The predicted octanol–water partition coefficient (Wildman–Crippen LogP) is 0.356. The highest BCUT2D eigenvalue weighted by atomic mass is 28.3. The van der Waals surface area contributed by atoms with Crippen molar-refractivity contribution in [1.82, 2.24) is 19.9 Å². The van der Waals surface area contributed by atoms with Gasteiger partial charge in [-0.1, -0.05) is 5.21 Å². The lowest BCUT2D eigenvalue weighted by Crippen LogP contribution is -2.32. The van der Waals surface area contributed by atoms with Crippen molar-refractivity contribution >= 4 is 8.24 Å². The molecule has 50 valence electrons. The number of hydrogen-bond donors (Lipinski definition) is 0. The Morgan fingerprint density at radius 2 is 2.00 bits per heavy atom. The first-order chi connectivity index (χ1) is 4.11. The van der Waals surface area contributed by atoms with E-state index in [0.717, 1.165) is 0 Å². The average molecular weight is 142 g/mol. The van der Waals surface area contributed by atoms with Gasteiger partial charge in [-0.05, 0) is 24.9 Å². The van der Waals surface area contributed by atoms with Gasteiger partial charge in [0.1, 0.15) is 6.33 Å². The van der Waals surface area contributed by atoms with E-state index in [1.807, 2.05) is 4.35 Å². The van der Waals surface area contributed by atoms with Gasteiger partial charge in [-0.25, -0.2) is 0 Å². The zero-order chi connectivity index (χ0) is 6.91. The Balaban J connectivity index is 2.90. The molecule has 0 atom stereocenters. The molecule has 9 heavy (non-hydrogen) atoms. The van der Waals surface area contributed by atoms with E-state index in [1.54, 1.807) is 6.33 Å². The minimum Gasteiger partial charge on any atom is -0.264 e. The van der Waals surface area contributed by atoms with Crippen molar-refractivity contribution in [3.05, 3.63) is 6.33 Å². The highest BCUT2D eigenvalue weighted by Gasteiger charge is 2.16. The normalized spacial score (nSPS) is 11.9. The van der Waals surface area contributed by atoms with E-state index >= 15 is 0 Å². The average Bonchev–Trinajstić information content (AvgIpc) is 2.08. The molecule has 0 amide bonds. The fraction of sp³-hybridized carbons (Fsp3) is 0.750. The second-order valence-electron chi connectivity index (χ2n) is 2.93. The Bertz CT molecular complexity index is 175. The second kappa shape index (κ2) is 1.91. The lowest BCUT2D eigenvalue weighted by Gasteiger charge is -2.12. The molecular formula is C4H10N4Si. The second-order valence-corrected chi connectivity index (χ2v) is 7.73. The maximum absolute atomic E-state index is 3.80. The Morgan fingerprint density at radius 3 is 2.22 bits per heavy atom. The molecule has 4 nitrogen and oxygen atoms in total. The summed E-state index contributed by atoms with van der Waals surface area (Å²) in [4.78, 5) is 0. The van der Waals surface area contributed by atoms with Gasteiger partial charge in [0, 0.05) is 0 Å². The molecule has 0 fully saturated rings. The Hall–Kier alpha value is -0.713. The Labute approximate surface area is 55.0 Å². The van der Waals surface area contributed by atoms with Crippen LogP contribution in [0.4, 0.5) is 0 Å². The van der Waals surface area contributed by atoms with Crippen molar-refractivity contribution < 1.29 is 0 Å². The largest absolute Gasteiger partial charge is 0.264 e. The van der Waals surface area contributed by atoms with Crippen LogP contribution in [0.3, 0.4) is 0 Å². The van der Waals surface area contributed by atoms with E-state index in [2.05, 4.69) is 35.2 Å². The Morgan fingerprint density at radius 1 is 1.33 bits per heavy atom. The molecule has 0 saturated carbocycles. The molecule has 0 bridgehead atoms. The molecule has 0 aliphatic carbocycles. The van der Waals surface area contributed by atoms with Gasteiger partial charge in [0.2, 0.25) is 0 Å². The van der Waals surface area contributed by atoms with Crippen LogP contribution in [0.25, 0.3) is 0 Å². The first-order valence-electron chi connectivity index (χ1n) is 2.84. The lowest BCUT2D eigenvalue weighted by atomic mass is 11.4. The summed E-state index contributed by atoms with van der Waals surface area (Å²) >= 11 is 0. The minimum absolute atomic E-state index is 1.30. The molecule has 5 heteroatoms. The van der Waals surface area contributed by atoms with Crippen LogP contribution in [0.5, 0.6) is 0 Å². The van der Waals surface area contributed by atoms with Crippen molar-refractivity contribution in [2.45, 2.75) is 19.6 Å². The van der Waals surface area contributed by atoms with Crippen molar-refractivity contribution in [2.75, 3.05) is 0 Å². The number of nitrogens with zero attached hydrogens (tertiary/aromatic N) is 4. The highest BCUT2D eigenvalue weighted by molar-refractivity contribution is 6.74. The van der Waals surface area contributed by atoms with Crippen molar-refractivity contribution in [3.63, 3.8) is 0 Å². The smallest absolute Gasteiger partial charge is 0.180 e. The molecule has 0 spiro atoms. The molecule has 1 aromatic heterocycles. The van der Waals surface area contributed by atoms with Crippen LogP contribution in [0.15, 0.2) is 6.33 Å². The zero-order valence-electron chi connectivity index (χ0n) is 5.87. The summed E-state index contributed by atoms with van der Waals surface area (Å²) in [5.74, 6) is 0. The van der Waals surface area contributed by atoms with Gasteiger partial charge < -0.3 is 0 Å². The fourth-order valence-electron chi connectivity index (χ4n) is 0.469. The summed E-state index contributed by atoms with van der Waals surface area (Å²) in [6.45, 7) is 6.55. The van der Waals surface area contributed by atoms with Gasteiger partial charge in [0.25, 0.3) is 0 Å². The third kappa shape index (κ3) is 1.35. The summed E-state index contributed by atoms with van der Waals surface area (Å²) in [6, 6.07) is 0. The van der Waals surface area contributed by atoms with Gasteiger partial charge in [0.15, 0.2) is 8.24 Å². The molecule has 0 saturated heterocycles. The fourth-order valence-corrected chi connectivity index (χ4v) is 1.18. The van der Waals surface area contributed by atoms with E-state index in [-0.39, 0.29) is 0 Å². The molecule has 1 heterocycles. The van der Waals surface area contributed by atoms with E-state index < -0.39 is 8.24 Å². The van der Waals surface area contributed by atoms with Crippen LogP contribution in [-0.2, 0) is 0 Å². The summed E-state index contributed by atoms with van der Waals surface area (Å²) in [5, 5.41) is 10.9. The first-order valence-corrected chi connectivity index (χ1v) is 6.29. The van der Waals surface area contributed by atoms with Crippen molar-refractivity contribution in [2.24, 2.45) is 0 Å². The molecular weight excluding hydrogens is 132 g/mol. The monoisotopic (exact) mass is 142 g/mol. The highest BCUT2D eigenvalue weighted by Crippen LogP contribution is 1.99. The minimum atomic E-state index is -1.30. The standard InChI is InChI=1S/C4H10N4Si/c1-9(2,3)8-4-5-6-7-8/h4H,1-3H3. The number of tetrazole rings is 1. The number of hydrogen-bond acceptors (Lipinski definition) is 3. The summed E-state index contributed by atoms with van der Waals surface area (Å²) in [7, 11) is -1.30. The van der Waals surface area contributed by atoms with Crippen LogP contribution >= 0.6 is 0 Å². The van der Waals surface area contributed by atoms with Gasteiger partial charge in [-0.2, -0.15) is 0 Å². The summed E-state index contributed by atoms with van der Waals surface area (Å²) in [6.07, 6.45) is 1.67. The summed E-state index contributed by atoms with van der Waals surface area (Å²) in [5.41, 5.74) is 0. The van der Waals surface area contributed by atoms with Crippen LogP contribution in [0, 0.1) is 0 Å².